The molecule has 0 saturated carbocycles. The predicted molar refractivity (Wildman–Crippen MR) is 73.3 cm³/mol. The highest BCUT2D eigenvalue weighted by Crippen LogP contribution is 2.28. The molecule has 102 valence electrons. The molecule has 0 radical (unpaired) electrons. The van der Waals surface area contributed by atoms with Gasteiger partial charge in [-0.1, -0.05) is 24.3 Å². The molecule has 3 rings (SSSR count). The molecule has 4 heteroatoms. The Morgan fingerprint density at radius 3 is 2.55 bits per heavy atom. The summed E-state index contributed by atoms with van der Waals surface area (Å²) in [4.78, 5) is 0. The van der Waals surface area contributed by atoms with Crippen LogP contribution in [0, 0.1) is 18.6 Å². The first kappa shape index (κ1) is 12.8. The molecule has 0 saturated heterocycles. The van der Waals surface area contributed by atoms with Crippen LogP contribution in [-0.4, -0.2) is 0 Å². The van der Waals surface area contributed by atoms with Crippen molar-refractivity contribution < 1.29 is 13.2 Å². The number of aryl methyl sites for hydroxylation is 1. The minimum atomic E-state index is -0.555. The van der Waals surface area contributed by atoms with Crippen LogP contribution in [-0.2, 0) is 0 Å². The Labute approximate surface area is 114 Å². The van der Waals surface area contributed by atoms with Crippen molar-refractivity contribution in [3.8, 4) is 0 Å². The first-order valence-electron chi connectivity index (χ1n) is 6.26. The molecule has 0 fully saturated rings. The van der Waals surface area contributed by atoms with E-state index in [0.29, 0.717) is 16.7 Å². The van der Waals surface area contributed by atoms with E-state index in [9.17, 15) is 8.78 Å². The third-order valence-corrected chi connectivity index (χ3v) is 3.36. The Hall–Kier alpha value is -2.20. The topological polar surface area (TPSA) is 39.2 Å². The molecule has 2 nitrogen and oxygen atoms in total. The van der Waals surface area contributed by atoms with Gasteiger partial charge in [-0.05, 0) is 36.2 Å². The summed E-state index contributed by atoms with van der Waals surface area (Å²) in [7, 11) is 0. The molecule has 1 unspecified atom stereocenters. The molecule has 0 bridgehead atoms. The summed E-state index contributed by atoms with van der Waals surface area (Å²) in [5.41, 5.74) is 7.54. The fraction of sp³-hybridized carbons (Fsp3) is 0.125. The maximum atomic E-state index is 13.6. The van der Waals surface area contributed by atoms with Crippen molar-refractivity contribution >= 4 is 11.0 Å². The Kier molecular flexibility index (Phi) is 3.03. The van der Waals surface area contributed by atoms with Crippen molar-refractivity contribution in [2.45, 2.75) is 13.0 Å². The highest BCUT2D eigenvalue weighted by Gasteiger charge is 2.16. The molecule has 0 aliphatic rings. The zero-order valence-corrected chi connectivity index (χ0v) is 10.9. The minimum Gasteiger partial charge on any atom is -0.456 e. The van der Waals surface area contributed by atoms with E-state index >= 15 is 0 Å². The SMILES string of the molecule is Cc1cc(C(N)c2cc3cccc(F)c3o2)ccc1F. The minimum absolute atomic E-state index is 0.191. The van der Waals surface area contributed by atoms with E-state index in [-0.39, 0.29) is 11.4 Å². The normalized spacial score (nSPS) is 12.8. The Bertz CT molecular complexity index is 779. The monoisotopic (exact) mass is 273 g/mol. The van der Waals surface area contributed by atoms with Crippen LogP contribution in [0.5, 0.6) is 0 Å². The molecule has 0 aliphatic carbocycles. The molecule has 0 spiro atoms. The lowest BCUT2D eigenvalue weighted by Gasteiger charge is -2.10. The first-order chi connectivity index (χ1) is 9.56. The summed E-state index contributed by atoms with van der Waals surface area (Å²) >= 11 is 0. The van der Waals surface area contributed by atoms with Crippen LogP contribution < -0.4 is 5.73 Å². The average Bonchev–Trinajstić information content (AvgIpc) is 2.86. The molecule has 0 amide bonds. The summed E-state index contributed by atoms with van der Waals surface area (Å²) in [5.74, 6) is -0.246. The number of nitrogens with two attached hydrogens (primary N) is 1. The summed E-state index contributed by atoms with van der Waals surface area (Å²) < 4.78 is 32.4. The van der Waals surface area contributed by atoms with Crippen LogP contribution in [0.3, 0.4) is 0 Å². The van der Waals surface area contributed by atoms with Gasteiger partial charge in [-0.2, -0.15) is 0 Å². The number of halogens is 2. The second-order valence-corrected chi connectivity index (χ2v) is 4.79. The summed E-state index contributed by atoms with van der Waals surface area (Å²) in [5, 5.41) is 0.661. The second kappa shape index (κ2) is 4.72. The summed E-state index contributed by atoms with van der Waals surface area (Å²) in [6.45, 7) is 1.67. The van der Waals surface area contributed by atoms with E-state index < -0.39 is 11.9 Å². The first-order valence-corrected chi connectivity index (χ1v) is 6.26. The van der Waals surface area contributed by atoms with Crippen molar-refractivity contribution in [1.82, 2.24) is 0 Å². The quantitative estimate of drug-likeness (QED) is 0.764. The van der Waals surface area contributed by atoms with Crippen molar-refractivity contribution in [3.05, 3.63) is 71.0 Å². The van der Waals surface area contributed by atoms with Gasteiger partial charge in [0.05, 0.1) is 6.04 Å². The predicted octanol–water partition coefficient (Wildman–Crippen LogP) is 4.07. The van der Waals surface area contributed by atoms with Crippen LogP contribution in [0.25, 0.3) is 11.0 Å². The molecule has 2 N–H and O–H groups in total. The largest absolute Gasteiger partial charge is 0.456 e. The third kappa shape index (κ3) is 2.08. The van der Waals surface area contributed by atoms with Gasteiger partial charge in [-0.15, -0.1) is 0 Å². The Morgan fingerprint density at radius 1 is 1.05 bits per heavy atom. The highest BCUT2D eigenvalue weighted by molar-refractivity contribution is 5.78. The van der Waals surface area contributed by atoms with Crippen molar-refractivity contribution in [3.63, 3.8) is 0 Å². The lowest BCUT2D eigenvalue weighted by molar-refractivity contribution is 0.501. The van der Waals surface area contributed by atoms with Gasteiger partial charge in [0, 0.05) is 5.39 Å². The van der Waals surface area contributed by atoms with Gasteiger partial charge < -0.3 is 10.2 Å². The van der Waals surface area contributed by atoms with Crippen molar-refractivity contribution in [2.75, 3.05) is 0 Å². The van der Waals surface area contributed by atoms with Crippen LogP contribution in [0.4, 0.5) is 8.78 Å². The smallest absolute Gasteiger partial charge is 0.169 e. The average molecular weight is 273 g/mol. The van der Waals surface area contributed by atoms with E-state index in [4.69, 9.17) is 10.2 Å². The van der Waals surface area contributed by atoms with E-state index in [0.717, 1.165) is 5.56 Å². The molecule has 1 aromatic heterocycles. The standard InChI is InChI=1S/C16H13F2NO/c1-9-7-10(5-6-12(9)17)15(19)14-8-11-3-2-4-13(18)16(11)20-14/h2-8,15H,19H2,1H3. The number of hydrogen-bond donors (Lipinski definition) is 1. The zero-order chi connectivity index (χ0) is 14.3. The van der Waals surface area contributed by atoms with Crippen LogP contribution >= 0.6 is 0 Å². The van der Waals surface area contributed by atoms with Crippen molar-refractivity contribution in [1.29, 1.82) is 0 Å². The fourth-order valence-corrected chi connectivity index (χ4v) is 2.23. The van der Waals surface area contributed by atoms with Gasteiger partial charge in [-0.25, -0.2) is 8.78 Å². The number of rotatable bonds is 2. The van der Waals surface area contributed by atoms with Gasteiger partial charge in [-0.3, -0.25) is 0 Å². The molecular weight excluding hydrogens is 260 g/mol. The molecular formula is C16H13F2NO. The van der Waals surface area contributed by atoms with Crippen LogP contribution in [0.1, 0.15) is 22.9 Å². The molecule has 0 aliphatic heterocycles. The van der Waals surface area contributed by atoms with Gasteiger partial charge >= 0.3 is 0 Å². The van der Waals surface area contributed by atoms with Crippen LogP contribution in [0.15, 0.2) is 46.9 Å². The molecule has 1 atom stereocenters. The van der Waals surface area contributed by atoms with Crippen molar-refractivity contribution in [2.24, 2.45) is 5.73 Å². The molecule has 3 aromatic rings. The second-order valence-electron chi connectivity index (χ2n) is 4.79. The van der Waals surface area contributed by atoms with Gasteiger partial charge in [0.2, 0.25) is 0 Å². The van der Waals surface area contributed by atoms with Crippen LogP contribution in [0.2, 0.25) is 0 Å². The number of hydrogen-bond acceptors (Lipinski definition) is 2. The number of benzene rings is 2. The number of fused-ring (bicyclic) bond motifs is 1. The number of para-hydroxylation sites is 1. The summed E-state index contributed by atoms with van der Waals surface area (Å²) in [6.07, 6.45) is 0. The van der Waals surface area contributed by atoms with E-state index in [1.54, 1.807) is 37.3 Å². The Balaban J connectivity index is 2.05. The lowest BCUT2D eigenvalue weighted by Crippen LogP contribution is -2.11. The van der Waals surface area contributed by atoms with Gasteiger partial charge in [0.25, 0.3) is 0 Å². The Morgan fingerprint density at radius 2 is 1.85 bits per heavy atom. The highest BCUT2D eigenvalue weighted by atomic mass is 19.1. The summed E-state index contributed by atoms with van der Waals surface area (Å²) in [6, 6.07) is 10.5. The van der Waals surface area contributed by atoms with E-state index in [2.05, 4.69) is 0 Å². The fourth-order valence-electron chi connectivity index (χ4n) is 2.23. The zero-order valence-electron chi connectivity index (χ0n) is 10.9. The van der Waals surface area contributed by atoms with E-state index in [1.807, 2.05) is 0 Å². The maximum Gasteiger partial charge on any atom is 0.169 e. The molecule has 1 heterocycles. The molecule has 20 heavy (non-hydrogen) atoms. The molecule has 2 aromatic carbocycles. The van der Waals surface area contributed by atoms with E-state index in [1.165, 1.54) is 12.1 Å². The third-order valence-electron chi connectivity index (χ3n) is 3.36. The lowest BCUT2D eigenvalue weighted by atomic mass is 10.0. The van der Waals surface area contributed by atoms with Gasteiger partial charge in [0.15, 0.2) is 11.4 Å². The van der Waals surface area contributed by atoms with Gasteiger partial charge in [0.1, 0.15) is 11.6 Å². The number of furan rings is 1. The maximum absolute atomic E-state index is 13.6.